The van der Waals surface area contributed by atoms with E-state index in [0.717, 1.165) is 122 Å². The average Bonchev–Trinajstić information content (AvgIpc) is 4.20. The number of nitrogens with zero attached hydrogens (tertiary/aromatic N) is 6. The van der Waals surface area contributed by atoms with Crippen LogP contribution in [0.15, 0.2) is 218 Å². The summed E-state index contributed by atoms with van der Waals surface area (Å²) >= 11 is 0. The quantitative estimate of drug-likeness (QED) is 0.142. The normalized spacial score (nSPS) is 11.2. The molecular formula is C74H48N6. The van der Waals surface area contributed by atoms with Gasteiger partial charge in [0.25, 0.3) is 0 Å². The van der Waals surface area contributed by atoms with E-state index in [0.29, 0.717) is 44.9 Å². The van der Waals surface area contributed by atoms with E-state index in [1.807, 2.05) is 84.9 Å². The molecule has 0 N–H and O–H groups in total. The lowest BCUT2D eigenvalue weighted by molar-refractivity contribution is 1.16. The first-order valence-corrected chi connectivity index (χ1v) is 26.6. The van der Waals surface area contributed by atoms with Gasteiger partial charge in [-0.1, -0.05) is 170 Å². The minimum atomic E-state index is 0.361. The zero-order valence-electron chi connectivity index (χ0n) is 44.5. The zero-order valence-corrected chi connectivity index (χ0v) is 44.5. The summed E-state index contributed by atoms with van der Waals surface area (Å²) in [5.41, 5.74) is 22.1. The van der Waals surface area contributed by atoms with Crippen LogP contribution >= 0.6 is 0 Å². The third-order valence-corrected chi connectivity index (χ3v) is 16.3. The highest BCUT2D eigenvalue weighted by Crippen LogP contribution is 2.47. The molecule has 13 aromatic rings. The fourth-order valence-corrected chi connectivity index (χ4v) is 12.2. The van der Waals surface area contributed by atoms with Gasteiger partial charge in [-0.2, -0.15) is 15.8 Å². The number of fused-ring (bicyclic) bond motifs is 6. The SMILES string of the molecule is [C-]#[N+]c1cc(C#N)c(-c2c(C)c(C)c(-c3cc(-n4c5cc(-c6ccccc6)ccc5c5ccc(-c6ccccc6)cc54)c(C#N)cc3C#N)c(C)c2C)cc1-n1c2cc(-c3ccccc3)ccc2c2ccc(-c3ccccc3)cc21. The van der Waals surface area contributed by atoms with Crippen LogP contribution in [0.25, 0.3) is 127 Å². The van der Waals surface area contributed by atoms with Crippen molar-refractivity contribution >= 4 is 49.3 Å². The molecule has 2 heterocycles. The monoisotopic (exact) mass is 1020 g/mol. The predicted octanol–water partition coefficient (Wildman–Crippen LogP) is 19.3. The van der Waals surface area contributed by atoms with Crippen LogP contribution < -0.4 is 0 Å². The Kier molecular flexibility index (Phi) is 11.9. The Labute approximate surface area is 464 Å². The lowest BCUT2D eigenvalue weighted by Crippen LogP contribution is -2.05. The molecule has 374 valence electrons. The van der Waals surface area contributed by atoms with Crippen molar-refractivity contribution in [3.8, 4) is 96.3 Å². The van der Waals surface area contributed by atoms with Crippen molar-refractivity contribution in [1.82, 2.24) is 9.13 Å². The number of benzene rings is 11. The first kappa shape index (κ1) is 48.6. The number of nitriles is 3. The molecule has 11 aromatic carbocycles. The van der Waals surface area contributed by atoms with Crippen molar-refractivity contribution in [2.45, 2.75) is 27.7 Å². The molecule has 0 unspecified atom stereocenters. The molecule has 0 amide bonds. The summed E-state index contributed by atoms with van der Waals surface area (Å²) in [5, 5.41) is 37.4. The molecule has 80 heavy (non-hydrogen) atoms. The van der Waals surface area contributed by atoms with E-state index in [4.69, 9.17) is 6.57 Å². The standard InChI is InChI=1S/C74H48N6/c1-45-47(3)74(65-41-72(66(78-5)35-58(65)43-76)80-70-38-55(51-22-14-8-15-23-51)28-32-62(70)63-33-29-56(39-71(63)80)52-24-16-9-17-25-52)48(4)46(2)73(45)64-40-67(59(44-77)34-57(64)42-75)79-68-36-53(49-18-10-6-11-19-49)26-30-60(68)61-31-27-54(37-69(61)79)50-20-12-7-13-21-50/h6-41H,1-4H3. The third kappa shape index (κ3) is 7.83. The van der Waals surface area contributed by atoms with Crippen molar-refractivity contribution in [2.24, 2.45) is 0 Å². The molecule has 0 aliphatic carbocycles. The molecule has 0 aliphatic heterocycles. The second-order valence-electron chi connectivity index (χ2n) is 20.6. The first-order chi connectivity index (χ1) is 39.2. The Morgan fingerprint density at radius 1 is 0.325 bits per heavy atom. The summed E-state index contributed by atoms with van der Waals surface area (Å²) in [6.07, 6.45) is 0. The van der Waals surface area contributed by atoms with E-state index < -0.39 is 0 Å². The molecule has 6 nitrogen and oxygen atoms in total. The summed E-state index contributed by atoms with van der Waals surface area (Å²) in [6.45, 7) is 17.0. The van der Waals surface area contributed by atoms with Gasteiger partial charge in [-0.15, -0.1) is 0 Å². The molecule has 0 aliphatic rings. The molecule has 0 saturated heterocycles. The number of hydrogen-bond donors (Lipinski definition) is 0. The largest absolute Gasteiger partial charge is 0.319 e. The Morgan fingerprint density at radius 2 is 0.625 bits per heavy atom. The maximum atomic E-state index is 11.1. The second-order valence-corrected chi connectivity index (χ2v) is 20.6. The molecule has 0 atom stereocenters. The van der Waals surface area contributed by atoms with Crippen LogP contribution in [-0.4, -0.2) is 9.13 Å². The Bertz CT molecular complexity index is 4350. The lowest BCUT2D eigenvalue weighted by Gasteiger charge is -2.24. The lowest BCUT2D eigenvalue weighted by atomic mass is 9.81. The maximum Gasteiger partial charge on any atom is 0.211 e. The van der Waals surface area contributed by atoms with Gasteiger partial charge < -0.3 is 9.13 Å². The summed E-state index contributed by atoms with van der Waals surface area (Å²) < 4.78 is 4.41. The van der Waals surface area contributed by atoms with Crippen LogP contribution in [0.3, 0.4) is 0 Å². The van der Waals surface area contributed by atoms with Gasteiger partial charge in [-0.25, -0.2) is 4.85 Å². The van der Waals surface area contributed by atoms with Crippen LogP contribution in [0.4, 0.5) is 5.69 Å². The first-order valence-electron chi connectivity index (χ1n) is 26.6. The fourth-order valence-electron chi connectivity index (χ4n) is 12.2. The van der Waals surface area contributed by atoms with E-state index in [-0.39, 0.29) is 0 Å². The number of rotatable bonds is 8. The highest BCUT2D eigenvalue weighted by Gasteiger charge is 2.27. The molecular weight excluding hydrogens is 973 g/mol. The van der Waals surface area contributed by atoms with Crippen LogP contribution in [0.2, 0.25) is 0 Å². The van der Waals surface area contributed by atoms with Crippen molar-refractivity contribution in [1.29, 1.82) is 15.8 Å². The third-order valence-electron chi connectivity index (χ3n) is 16.3. The summed E-state index contributed by atoms with van der Waals surface area (Å²) in [4.78, 5) is 4.14. The van der Waals surface area contributed by atoms with Crippen molar-refractivity contribution < 1.29 is 0 Å². The molecule has 13 rings (SSSR count). The highest BCUT2D eigenvalue weighted by molar-refractivity contribution is 6.13. The fraction of sp³-hybridized carbons (Fsp3) is 0.0541. The van der Waals surface area contributed by atoms with Crippen LogP contribution in [0.5, 0.6) is 0 Å². The molecule has 0 saturated carbocycles. The second kappa shape index (κ2) is 19.5. The van der Waals surface area contributed by atoms with Crippen LogP contribution in [-0.2, 0) is 0 Å². The average molecular weight is 1020 g/mol. The Balaban J connectivity index is 1.04. The number of hydrogen-bond acceptors (Lipinski definition) is 3. The summed E-state index contributed by atoms with van der Waals surface area (Å²) in [6, 6.07) is 82.5. The van der Waals surface area contributed by atoms with E-state index >= 15 is 0 Å². The van der Waals surface area contributed by atoms with Gasteiger partial charge in [0.05, 0.1) is 63.3 Å². The van der Waals surface area contributed by atoms with Gasteiger partial charge in [0, 0.05) is 32.7 Å². The Morgan fingerprint density at radius 3 is 0.938 bits per heavy atom. The summed E-state index contributed by atoms with van der Waals surface area (Å²) in [7, 11) is 0. The van der Waals surface area contributed by atoms with E-state index in [1.165, 1.54) is 0 Å². The maximum absolute atomic E-state index is 11.1. The van der Waals surface area contributed by atoms with Gasteiger partial charge in [0.1, 0.15) is 6.07 Å². The molecule has 0 spiro atoms. The van der Waals surface area contributed by atoms with E-state index in [9.17, 15) is 15.8 Å². The van der Waals surface area contributed by atoms with E-state index in [1.54, 1.807) is 12.1 Å². The van der Waals surface area contributed by atoms with Gasteiger partial charge in [-0.3, -0.25) is 0 Å². The number of aromatic nitrogens is 2. The molecule has 6 heteroatoms. The van der Waals surface area contributed by atoms with Crippen LogP contribution in [0, 0.1) is 68.3 Å². The Hall–Kier alpha value is -11.0. The smallest absolute Gasteiger partial charge is 0.211 e. The van der Waals surface area contributed by atoms with E-state index in [2.05, 4.69) is 181 Å². The molecule has 0 radical (unpaired) electrons. The van der Waals surface area contributed by atoms with Gasteiger partial charge in [-0.05, 0) is 160 Å². The van der Waals surface area contributed by atoms with Gasteiger partial charge >= 0.3 is 0 Å². The molecule has 0 bridgehead atoms. The van der Waals surface area contributed by atoms with Crippen molar-refractivity contribution in [3.63, 3.8) is 0 Å². The minimum absolute atomic E-state index is 0.361. The summed E-state index contributed by atoms with van der Waals surface area (Å²) in [5.74, 6) is 0. The zero-order chi connectivity index (χ0) is 54.8. The van der Waals surface area contributed by atoms with Crippen LogP contribution in [0.1, 0.15) is 38.9 Å². The topological polar surface area (TPSA) is 85.6 Å². The minimum Gasteiger partial charge on any atom is -0.319 e. The van der Waals surface area contributed by atoms with Crippen molar-refractivity contribution in [2.75, 3.05) is 0 Å². The predicted molar refractivity (Wildman–Crippen MR) is 327 cm³/mol. The highest BCUT2D eigenvalue weighted by atomic mass is 15.0. The molecule has 2 aromatic heterocycles. The van der Waals surface area contributed by atoms with Gasteiger partial charge in [0.2, 0.25) is 5.69 Å². The van der Waals surface area contributed by atoms with Gasteiger partial charge in [0.15, 0.2) is 0 Å². The van der Waals surface area contributed by atoms with Crippen molar-refractivity contribution in [3.05, 3.63) is 269 Å². The molecule has 0 fully saturated rings.